The molecule has 7 heteroatoms. The number of nitrogens with one attached hydrogen (secondary N) is 1. The lowest BCUT2D eigenvalue weighted by Crippen LogP contribution is -2.13. The Morgan fingerprint density at radius 2 is 1.85 bits per heavy atom. The minimum Gasteiger partial charge on any atom is -0.493 e. The number of hydrogen-bond acceptors (Lipinski definition) is 5. The summed E-state index contributed by atoms with van der Waals surface area (Å²) in [6, 6.07) is 11.5. The van der Waals surface area contributed by atoms with Gasteiger partial charge in [0.2, 0.25) is 0 Å². The van der Waals surface area contributed by atoms with Gasteiger partial charge in [-0.2, -0.15) is 0 Å². The van der Waals surface area contributed by atoms with Gasteiger partial charge in [0, 0.05) is 17.3 Å². The van der Waals surface area contributed by atoms with Crippen molar-refractivity contribution in [3.8, 4) is 17.2 Å². The van der Waals surface area contributed by atoms with E-state index in [0.717, 1.165) is 0 Å². The molecule has 0 spiro atoms. The number of carbonyl (C=O) groups excluding carboxylic acids is 1. The van der Waals surface area contributed by atoms with Crippen molar-refractivity contribution in [2.45, 2.75) is 13.8 Å². The van der Waals surface area contributed by atoms with E-state index in [1.54, 1.807) is 42.5 Å². The molecule has 2 N–H and O–H groups in total. The van der Waals surface area contributed by atoms with Gasteiger partial charge in [-0.15, -0.1) is 0 Å². The molecule has 0 aliphatic rings. The molecule has 0 bridgehead atoms. The minimum atomic E-state index is -1.07. The molecule has 27 heavy (non-hydrogen) atoms. The number of ether oxygens (including phenoxy) is 3. The fourth-order valence-corrected chi connectivity index (χ4v) is 2.20. The summed E-state index contributed by atoms with van der Waals surface area (Å²) < 4.78 is 16.1. The van der Waals surface area contributed by atoms with Crippen molar-refractivity contribution in [1.29, 1.82) is 0 Å². The summed E-state index contributed by atoms with van der Waals surface area (Å²) in [5, 5.41) is 11.4. The fraction of sp³-hybridized carbons (Fsp3) is 0.300. The highest BCUT2D eigenvalue weighted by Gasteiger charge is 2.12. The Kier molecular flexibility index (Phi) is 7.05. The Morgan fingerprint density at radius 1 is 1.07 bits per heavy atom. The van der Waals surface area contributed by atoms with Gasteiger partial charge < -0.3 is 24.6 Å². The minimum absolute atomic E-state index is 0.334. The number of aliphatic carboxylic acids is 1. The molecule has 0 aromatic heterocycles. The smallest absolute Gasteiger partial charge is 0.341 e. The van der Waals surface area contributed by atoms with Crippen molar-refractivity contribution >= 4 is 17.6 Å². The van der Waals surface area contributed by atoms with E-state index in [4.69, 9.17) is 19.3 Å². The van der Waals surface area contributed by atoms with E-state index in [-0.39, 0.29) is 5.91 Å². The molecule has 0 unspecified atom stereocenters. The molecule has 0 fully saturated rings. The Morgan fingerprint density at radius 3 is 2.52 bits per heavy atom. The summed E-state index contributed by atoms with van der Waals surface area (Å²) in [4.78, 5) is 23.1. The third-order valence-electron chi connectivity index (χ3n) is 3.45. The van der Waals surface area contributed by atoms with Crippen LogP contribution in [0.1, 0.15) is 24.2 Å². The lowest BCUT2D eigenvalue weighted by atomic mass is 10.1. The van der Waals surface area contributed by atoms with Crippen LogP contribution in [-0.2, 0) is 4.79 Å². The third kappa shape index (κ3) is 6.22. The molecule has 0 aliphatic heterocycles. The summed E-state index contributed by atoms with van der Waals surface area (Å²) in [7, 11) is 1.52. The highest BCUT2D eigenvalue weighted by molar-refractivity contribution is 6.04. The van der Waals surface area contributed by atoms with Gasteiger partial charge in [-0.25, -0.2) is 4.79 Å². The van der Waals surface area contributed by atoms with E-state index < -0.39 is 12.6 Å². The monoisotopic (exact) mass is 373 g/mol. The maximum absolute atomic E-state index is 12.5. The molecule has 1 amide bonds. The van der Waals surface area contributed by atoms with Crippen molar-refractivity contribution in [1.82, 2.24) is 0 Å². The molecule has 0 aliphatic carbocycles. The normalized spacial score (nSPS) is 10.4. The Balaban J connectivity index is 2.09. The standard InChI is InChI=1S/C20H23NO6/c1-13(2)11-27-17-8-7-14(9-18(17)25-3)20(24)21-15-5-4-6-16(10-15)26-12-19(22)23/h4-10,13H,11-12H2,1-3H3,(H,21,24)(H,22,23). The predicted octanol–water partition coefficient (Wildman–Crippen LogP) is 3.45. The first kappa shape index (κ1) is 20.1. The molecule has 2 aromatic rings. The SMILES string of the molecule is COc1cc(C(=O)Nc2cccc(OCC(=O)O)c2)ccc1OCC(C)C. The van der Waals surface area contributed by atoms with Crippen LogP contribution in [0, 0.1) is 5.92 Å². The summed E-state index contributed by atoms with van der Waals surface area (Å²) in [5.41, 5.74) is 0.891. The lowest BCUT2D eigenvalue weighted by molar-refractivity contribution is -0.139. The number of carboxylic acid groups (broad SMARTS) is 1. The number of methoxy groups -OCH3 is 1. The number of carbonyl (C=O) groups is 2. The van der Waals surface area contributed by atoms with Crippen molar-refractivity contribution in [2.75, 3.05) is 25.6 Å². The fourth-order valence-electron chi connectivity index (χ4n) is 2.20. The number of benzene rings is 2. The van der Waals surface area contributed by atoms with Gasteiger partial charge in [0.05, 0.1) is 13.7 Å². The summed E-state index contributed by atoms with van der Waals surface area (Å²) in [6.07, 6.45) is 0. The first-order valence-corrected chi connectivity index (χ1v) is 8.46. The third-order valence-corrected chi connectivity index (χ3v) is 3.45. The molecule has 2 rings (SSSR count). The van der Waals surface area contributed by atoms with Crippen molar-refractivity contribution in [2.24, 2.45) is 5.92 Å². The zero-order valence-electron chi connectivity index (χ0n) is 15.5. The highest BCUT2D eigenvalue weighted by Crippen LogP contribution is 2.29. The van der Waals surface area contributed by atoms with E-state index in [0.29, 0.717) is 41.0 Å². The Bertz CT molecular complexity index is 803. The van der Waals surface area contributed by atoms with E-state index >= 15 is 0 Å². The van der Waals surface area contributed by atoms with E-state index in [1.165, 1.54) is 7.11 Å². The number of hydrogen-bond donors (Lipinski definition) is 2. The Hall–Kier alpha value is -3.22. The van der Waals surface area contributed by atoms with E-state index in [1.807, 2.05) is 13.8 Å². The maximum atomic E-state index is 12.5. The summed E-state index contributed by atoms with van der Waals surface area (Å²) in [5.74, 6) is 0.364. The average molecular weight is 373 g/mol. The predicted molar refractivity (Wildman–Crippen MR) is 101 cm³/mol. The second-order valence-corrected chi connectivity index (χ2v) is 6.23. The van der Waals surface area contributed by atoms with Crippen LogP contribution >= 0.6 is 0 Å². The maximum Gasteiger partial charge on any atom is 0.341 e. The molecule has 7 nitrogen and oxygen atoms in total. The number of amides is 1. The molecule has 0 radical (unpaired) electrons. The van der Waals surface area contributed by atoms with Gasteiger partial charge in [0.25, 0.3) is 5.91 Å². The number of rotatable bonds is 9. The van der Waals surface area contributed by atoms with Crippen LogP contribution in [0.2, 0.25) is 0 Å². The van der Waals surface area contributed by atoms with Crippen LogP contribution in [0.4, 0.5) is 5.69 Å². The summed E-state index contributed by atoms with van der Waals surface area (Å²) in [6.45, 7) is 4.18. The zero-order chi connectivity index (χ0) is 19.8. The lowest BCUT2D eigenvalue weighted by Gasteiger charge is -2.14. The molecule has 0 saturated carbocycles. The van der Waals surface area contributed by atoms with Gasteiger partial charge >= 0.3 is 5.97 Å². The van der Waals surface area contributed by atoms with Gasteiger partial charge in [0.15, 0.2) is 18.1 Å². The van der Waals surface area contributed by atoms with Gasteiger partial charge in [-0.1, -0.05) is 19.9 Å². The molecule has 2 aromatic carbocycles. The molecule has 0 atom stereocenters. The molecular formula is C20H23NO6. The van der Waals surface area contributed by atoms with E-state index in [9.17, 15) is 9.59 Å². The highest BCUT2D eigenvalue weighted by atomic mass is 16.5. The van der Waals surface area contributed by atoms with Crippen LogP contribution < -0.4 is 19.5 Å². The molecule has 144 valence electrons. The van der Waals surface area contributed by atoms with Crippen LogP contribution in [0.15, 0.2) is 42.5 Å². The quantitative estimate of drug-likeness (QED) is 0.699. The first-order valence-electron chi connectivity index (χ1n) is 8.46. The molecule has 0 heterocycles. The van der Waals surface area contributed by atoms with Crippen molar-refractivity contribution in [3.05, 3.63) is 48.0 Å². The molecule has 0 saturated heterocycles. The van der Waals surface area contributed by atoms with Crippen molar-refractivity contribution < 1.29 is 28.9 Å². The topological polar surface area (TPSA) is 94.1 Å². The van der Waals surface area contributed by atoms with Crippen molar-refractivity contribution in [3.63, 3.8) is 0 Å². The number of carboxylic acids is 1. The van der Waals surface area contributed by atoms with Crippen LogP contribution in [-0.4, -0.2) is 37.3 Å². The van der Waals surface area contributed by atoms with Crippen LogP contribution in [0.5, 0.6) is 17.2 Å². The number of anilines is 1. The summed E-state index contributed by atoms with van der Waals surface area (Å²) >= 11 is 0. The first-order chi connectivity index (χ1) is 12.9. The molecular weight excluding hydrogens is 350 g/mol. The van der Waals surface area contributed by atoms with E-state index in [2.05, 4.69) is 5.32 Å². The largest absolute Gasteiger partial charge is 0.493 e. The zero-order valence-corrected chi connectivity index (χ0v) is 15.5. The van der Waals surface area contributed by atoms with Gasteiger partial charge in [-0.05, 0) is 36.2 Å². The van der Waals surface area contributed by atoms with Gasteiger partial charge in [-0.3, -0.25) is 4.79 Å². The van der Waals surface area contributed by atoms with Crippen LogP contribution in [0.3, 0.4) is 0 Å². The van der Waals surface area contributed by atoms with Crippen LogP contribution in [0.25, 0.3) is 0 Å². The van der Waals surface area contributed by atoms with Gasteiger partial charge in [0.1, 0.15) is 5.75 Å². The average Bonchev–Trinajstić information content (AvgIpc) is 2.64. The second kappa shape index (κ2) is 9.47. The Labute approximate surface area is 157 Å². The second-order valence-electron chi connectivity index (χ2n) is 6.23.